The van der Waals surface area contributed by atoms with Crippen LogP contribution in [-0.2, 0) is 16.0 Å². The third-order valence-electron chi connectivity index (χ3n) is 3.20. The highest BCUT2D eigenvalue weighted by Crippen LogP contribution is 2.16. The van der Waals surface area contributed by atoms with E-state index in [2.05, 4.69) is 10.6 Å². The molecule has 0 radical (unpaired) electrons. The Hall–Kier alpha value is -3.20. The van der Waals surface area contributed by atoms with Gasteiger partial charge in [0.15, 0.2) is 0 Å². The minimum absolute atomic E-state index is 0.209. The van der Waals surface area contributed by atoms with Gasteiger partial charge in [-0.2, -0.15) is 5.26 Å². The zero-order chi connectivity index (χ0) is 17.4. The van der Waals surface area contributed by atoms with Crippen molar-refractivity contribution < 1.29 is 14.0 Å². The molecule has 122 valence electrons. The number of aryl methyl sites for hydroxylation is 1. The van der Waals surface area contributed by atoms with E-state index < -0.39 is 5.91 Å². The minimum atomic E-state index is -0.410. The highest BCUT2D eigenvalue weighted by molar-refractivity contribution is 5.94. The van der Waals surface area contributed by atoms with Gasteiger partial charge in [-0.3, -0.25) is 9.59 Å². The van der Waals surface area contributed by atoms with Gasteiger partial charge in [0.25, 0.3) is 0 Å². The summed E-state index contributed by atoms with van der Waals surface area (Å²) in [5.74, 6) is -0.944. The van der Waals surface area contributed by atoms with Gasteiger partial charge in [-0.1, -0.05) is 18.2 Å². The predicted molar refractivity (Wildman–Crippen MR) is 88.7 cm³/mol. The normalized spacial score (nSPS) is 9.83. The summed E-state index contributed by atoms with van der Waals surface area (Å²) in [7, 11) is 0. The number of nitriles is 1. The summed E-state index contributed by atoms with van der Waals surface area (Å²) in [6, 6.07) is 14.5. The molecule has 24 heavy (non-hydrogen) atoms. The van der Waals surface area contributed by atoms with Crippen molar-refractivity contribution in [3.05, 3.63) is 59.9 Å². The van der Waals surface area contributed by atoms with Crippen LogP contribution in [0, 0.1) is 17.1 Å². The summed E-state index contributed by atoms with van der Waals surface area (Å²) in [6.07, 6.45) is 0.418. The molecule has 0 saturated carbocycles. The van der Waals surface area contributed by atoms with Gasteiger partial charge in [0.1, 0.15) is 12.2 Å². The lowest BCUT2D eigenvalue weighted by Gasteiger charge is -2.08. The summed E-state index contributed by atoms with van der Waals surface area (Å²) in [6.45, 7) is 0. The number of carbonyl (C=O) groups is 2. The van der Waals surface area contributed by atoms with E-state index in [-0.39, 0.29) is 24.6 Å². The van der Waals surface area contributed by atoms with Gasteiger partial charge in [-0.25, -0.2) is 4.39 Å². The van der Waals surface area contributed by atoms with Crippen molar-refractivity contribution in [2.75, 3.05) is 10.6 Å². The molecule has 5 nitrogen and oxygen atoms in total. The topological polar surface area (TPSA) is 82.0 Å². The van der Waals surface area contributed by atoms with Gasteiger partial charge in [0.05, 0.1) is 6.07 Å². The first-order valence-corrected chi connectivity index (χ1v) is 7.38. The molecule has 6 heteroatoms. The number of carbonyl (C=O) groups excluding carboxylic acids is 2. The summed E-state index contributed by atoms with van der Waals surface area (Å²) in [5, 5.41) is 13.8. The Morgan fingerprint density at radius 1 is 1.00 bits per heavy atom. The Labute approximate surface area is 139 Å². The number of anilines is 2. The lowest BCUT2D eigenvalue weighted by Crippen LogP contribution is -2.13. The molecule has 0 saturated heterocycles. The molecule has 0 fully saturated rings. The van der Waals surface area contributed by atoms with Crippen molar-refractivity contribution in [2.24, 2.45) is 0 Å². The summed E-state index contributed by atoms with van der Waals surface area (Å²) >= 11 is 0. The average Bonchev–Trinajstić information content (AvgIpc) is 2.53. The molecule has 0 spiro atoms. The summed E-state index contributed by atoms with van der Waals surface area (Å²) < 4.78 is 13.1. The number of halogens is 1. The number of nitrogens with zero attached hydrogens (tertiary/aromatic N) is 1. The maximum Gasteiger partial charge on any atom is 0.238 e. The van der Waals surface area contributed by atoms with E-state index in [4.69, 9.17) is 5.26 Å². The number of hydrogen-bond acceptors (Lipinski definition) is 3. The fourth-order valence-electron chi connectivity index (χ4n) is 2.13. The van der Waals surface area contributed by atoms with Crippen molar-refractivity contribution in [3.63, 3.8) is 0 Å². The second kappa shape index (κ2) is 8.44. The van der Waals surface area contributed by atoms with Crippen LogP contribution in [0.5, 0.6) is 0 Å². The highest BCUT2D eigenvalue weighted by atomic mass is 19.1. The van der Waals surface area contributed by atoms with Crippen LogP contribution in [0.25, 0.3) is 0 Å². The number of rotatable bonds is 6. The number of nitrogens with one attached hydrogen (secondary N) is 2. The molecule has 0 atom stereocenters. The highest BCUT2D eigenvalue weighted by Gasteiger charge is 2.06. The number of amides is 2. The van der Waals surface area contributed by atoms with E-state index in [0.29, 0.717) is 17.8 Å². The standard InChI is InChI=1S/C18H16FN3O2/c19-14-4-1-3-13(11-14)7-8-17(23)21-15-5-2-6-16(12-15)22-18(24)9-10-20/h1-6,11-12H,7-9H2,(H,21,23)(H,22,24). The maximum atomic E-state index is 13.1. The van der Waals surface area contributed by atoms with Gasteiger partial charge in [-0.05, 0) is 42.3 Å². The maximum absolute atomic E-state index is 13.1. The van der Waals surface area contributed by atoms with Gasteiger partial charge in [0, 0.05) is 17.8 Å². The third-order valence-corrected chi connectivity index (χ3v) is 3.20. The second-order valence-corrected chi connectivity index (χ2v) is 5.14. The quantitative estimate of drug-likeness (QED) is 0.855. The minimum Gasteiger partial charge on any atom is -0.326 e. The Balaban J connectivity index is 1.89. The van der Waals surface area contributed by atoms with E-state index in [1.165, 1.54) is 12.1 Å². The molecule has 2 rings (SSSR count). The monoisotopic (exact) mass is 325 g/mol. The second-order valence-electron chi connectivity index (χ2n) is 5.14. The predicted octanol–water partition coefficient (Wildman–Crippen LogP) is 3.25. The van der Waals surface area contributed by atoms with Crippen LogP contribution in [0.2, 0.25) is 0 Å². The van der Waals surface area contributed by atoms with Crippen LogP contribution in [0.3, 0.4) is 0 Å². The molecule has 2 aromatic rings. The SMILES string of the molecule is N#CCC(=O)Nc1cccc(NC(=O)CCc2cccc(F)c2)c1. The van der Waals surface area contributed by atoms with Crippen LogP contribution >= 0.6 is 0 Å². The Morgan fingerprint density at radius 3 is 2.33 bits per heavy atom. The largest absolute Gasteiger partial charge is 0.326 e. The number of benzene rings is 2. The van der Waals surface area contributed by atoms with Crippen LogP contribution < -0.4 is 10.6 Å². The molecule has 0 aliphatic rings. The lowest BCUT2D eigenvalue weighted by atomic mass is 10.1. The van der Waals surface area contributed by atoms with Gasteiger partial charge in [0.2, 0.25) is 11.8 Å². The third kappa shape index (κ3) is 5.54. The van der Waals surface area contributed by atoms with Crippen LogP contribution in [0.4, 0.5) is 15.8 Å². The molecule has 0 aromatic heterocycles. The Morgan fingerprint density at radius 2 is 1.67 bits per heavy atom. The summed E-state index contributed by atoms with van der Waals surface area (Å²) in [5.41, 5.74) is 1.79. The Bertz CT molecular complexity index is 784. The molecule has 0 aliphatic carbocycles. The summed E-state index contributed by atoms with van der Waals surface area (Å²) in [4.78, 5) is 23.4. The molecule has 0 unspecified atom stereocenters. The van der Waals surface area contributed by atoms with E-state index in [1.807, 2.05) is 0 Å². The molecular weight excluding hydrogens is 309 g/mol. The first-order valence-electron chi connectivity index (χ1n) is 7.38. The van der Waals surface area contributed by atoms with Crippen LogP contribution in [-0.4, -0.2) is 11.8 Å². The molecule has 0 bridgehead atoms. The fourth-order valence-corrected chi connectivity index (χ4v) is 2.13. The first-order chi connectivity index (χ1) is 11.6. The molecule has 0 heterocycles. The van der Waals surface area contributed by atoms with E-state index in [0.717, 1.165) is 5.56 Å². The van der Waals surface area contributed by atoms with Crippen molar-refractivity contribution in [2.45, 2.75) is 19.3 Å². The zero-order valence-electron chi connectivity index (χ0n) is 12.9. The van der Waals surface area contributed by atoms with E-state index >= 15 is 0 Å². The fraction of sp³-hybridized carbons (Fsp3) is 0.167. The molecular formula is C18H16FN3O2. The smallest absolute Gasteiger partial charge is 0.238 e. The Kier molecular flexibility index (Phi) is 6.03. The van der Waals surface area contributed by atoms with Gasteiger partial charge in [-0.15, -0.1) is 0 Å². The van der Waals surface area contributed by atoms with Crippen molar-refractivity contribution in [1.29, 1.82) is 5.26 Å². The van der Waals surface area contributed by atoms with E-state index in [1.54, 1.807) is 42.5 Å². The van der Waals surface area contributed by atoms with E-state index in [9.17, 15) is 14.0 Å². The average molecular weight is 325 g/mol. The molecule has 0 aliphatic heterocycles. The molecule has 2 aromatic carbocycles. The van der Waals surface area contributed by atoms with Crippen molar-refractivity contribution in [3.8, 4) is 6.07 Å². The van der Waals surface area contributed by atoms with Crippen molar-refractivity contribution >= 4 is 23.2 Å². The molecule has 2 amide bonds. The van der Waals surface area contributed by atoms with Gasteiger partial charge >= 0.3 is 0 Å². The van der Waals surface area contributed by atoms with Crippen molar-refractivity contribution in [1.82, 2.24) is 0 Å². The molecule has 2 N–H and O–H groups in total. The first kappa shape index (κ1) is 17.2. The zero-order valence-corrected chi connectivity index (χ0v) is 12.9. The lowest BCUT2D eigenvalue weighted by molar-refractivity contribution is -0.116. The van der Waals surface area contributed by atoms with Gasteiger partial charge < -0.3 is 10.6 Å². The van der Waals surface area contributed by atoms with Crippen LogP contribution in [0.1, 0.15) is 18.4 Å². The van der Waals surface area contributed by atoms with Crippen LogP contribution in [0.15, 0.2) is 48.5 Å². The number of hydrogen-bond donors (Lipinski definition) is 2.